The average Bonchev–Trinajstić information content (AvgIpc) is 2.49. The molecule has 0 bridgehead atoms. The van der Waals surface area contributed by atoms with E-state index in [1.807, 2.05) is 49.4 Å². The van der Waals surface area contributed by atoms with Crippen molar-refractivity contribution >= 4 is 11.6 Å². The number of aryl methyl sites for hydroxylation is 1. The number of anilines is 1. The summed E-state index contributed by atoms with van der Waals surface area (Å²) in [5.41, 5.74) is 3.08. The van der Waals surface area contributed by atoms with Crippen molar-refractivity contribution in [2.75, 3.05) is 5.32 Å². The van der Waals surface area contributed by atoms with Crippen LogP contribution in [0.2, 0.25) is 0 Å². The molecule has 3 heteroatoms. The summed E-state index contributed by atoms with van der Waals surface area (Å²) < 4.78 is 5.81. The van der Waals surface area contributed by atoms with Crippen LogP contribution < -0.4 is 10.1 Å². The number of para-hydroxylation sites is 1. The number of nitrogens with one attached hydrogen (secondary N) is 1. The molecule has 0 aliphatic heterocycles. The number of ether oxygens (including phenoxy) is 1. The zero-order valence-corrected chi connectivity index (χ0v) is 14.5. The van der Waals surface area contributed by atoms with Gasteiger partial charge in [0, 0.05) is 5.69 Å². The van der Waals surface area contributed by atoms with Gasteiger partial charge in [-0.2, -0.15) is 0 Å². The van der Waals surface area contributed by atoms with E-state index in [0.717, 1.165) is 11.3 Å². The Morgan fingerprint density at radius 2 is 1.78 bits per heavy atom. The van der Waals surface area contributed by atoms with Crippen molar-refractivity contribution in [3.05, 3.63) is 59.7 Å². The first-order valence-electron chi connectivity index (χ1n) is 7.91. The van der Waals surface area contributed by atoms with Gasteiger partial charge in [-0.1, -0.05) is 51.1 Å². The summed E-state index contributed by atoms with van der Waals surface area (Å²) in [6.45, 7) is 10.2. The van der Waals surface area contributed by atoms with Crippen molar-refractivity contribution in [2.24, 2.45) is 0 Å². The number of hydrogen-bond acceptors (Lipinski definition) is 2. The van der Waals surface area contributed by atoms with Crippen LogP contribution >= 0.6 is 0 Å². The first kappa shape index (κ1) is 17.1. The molecule has 0 fully saturated rings. The van der Waals surface area contributed by atoms with Crippen LogP contribution in [-0.2, 0) is 10.2 Å². The summed E-state index contributed by atoms with van der Waals surface area (Å²) in [5, 5.41) is 2.91. The van der Waals surface area contributed by atoms with E-state index in [1.165, 1.54) is 5.56 Å². The molecular weight excluding hydrogens is 286 g/mol. The van der Waals surface area contributed by atoms with Gasteiger partial charge in [0.1, 0.15) is 5.75 Å². The normalized spacial score (nSPS) is 12.6. The Morgan fingerprint density at radius 3 is 2.43 bits per heavy atom. The second kappa shape index (κ2) is 6.86. The van der Waals surface area contributed by atoms with Crippen LogP contribution in [0.1, 0.15) is 38.8 Å². The molecule has 2 aromatic carbocycles. The lowest BCUT2D eigenvalue weighted by atomic mass is 9.87. The summed E-state index contributed by atoms with van der Waals surface area (Å²) in [6, 6.07) is 15.6. The van der Waals surface area contributed by atoms with Gasteiger partial charge in [0.25, 0.3) is 5.91 Å². The molecule has 23 heavy (non-hydrogen) atoms. The zero-order valence-electron chi connectivity index (χ0n) is 14.5. The Kier molecular flexibility index (Phi) is 5.09. The van der Waals surface area contributed by atoms with Crippen molar-refractivity contribution < 1.29 is 9.53 Å². The van der Waals surface area contributed by atoms with Crippen LogP contribution in [0.25, 0.3) is 0 Å². The van der Waals surface area contributed by atoms with Crippen LogP contribution in [-0.4, -0.2) is 12.0 Å². The molecule has 0 spiro atoms. The largest absolute Gasteiger partial charge is 0.481 e. The molecule has 0 radical (unpaired) electrons. The lowest BCUT2D eigenvalue weighted by molar-refractivity contribution is -0.122. The first-order chi connectivity index (χ1) is 10.8. The monoisotopic (exact) mass is 311 g/mol. The fourth-order valence-electron chi connectivity index (χ4n) is 2.24. The fourth-order valence-corrected chi connectivity index (χ4v) is 2.24. The highest BCUT2D eigenvalue weighted by molar-refractivity contribution is 5.94. The predicted octanol–water partition coefficient (Wildman–Crippen LogP) is 4.70. The number of carbonyl (C=O) groups excluding carboxylic acids is 1. The van der Waals surface area contributed by atoms with Gasteiger partial charge in [-0.3, -0.25) is 4.79 Å². The lowest BCUT2D eigenvalue weighted by Crippen LogP contribution is -2.30. The van der Waals surface area contributed by atoms with Crippen molar-refractivity contribution in [2.45, 2.75) is 46.1 Å². The summed E-state index contributed by atoms with van der Waals surface area (Å²) in [5.74, 6) is 0.560. The molecule has 0 saturated carbocycles. The summed E-state index contributed by atoms with van der Waals surface area (Å²) in [6.07, 6.45) is -0.565. The van der Waals surface area contributed by atoms with E-state index < -0.39 is 6.10 Å². The number of amides is 1. The van der Waals surface area contributed by atoms with E-state index in [9.17, 15) is 4.79 Å². The van der Waals surface area contributed by atoms with Crippen LogP contribution in [0.5, 0.6) is 5.75 Å². The van der Waals surface area contributed by atoms with E-state index in [2.05, 4.69) is 32.2 Å². The smallest absolute Gasteiger partial charge is 0.265 e. The van der Waals surface area contributed by atoms with Crippen LogP contribution in [0.4, 0.5) is 5.69 Å². The van der Waals surface area contributed by atoms with Gasteiger partial charge < -0.3 is 10.1 Å². The minimum absolute atomic E-state index is 0.0476. The molecular formula is C20H25NO2. The van der Waals surface area contributed by atoms with Crippen LogP contribution in [0.15, 0.2) is 48.5 Å². The van der Waals surface area contributed by atoms with E-state index in [4.69, 9.17) is 4.74 Å². The number of benzene rings is 2. The molecule has 0 aromatic heterocycles. The second-order valence-corrected chi connectivity index (χ2v) is 6.84. The van der Waals surface area contributed by atoms with Gasteiger partial charge in [0.05, 0.1) is 0 Å². The predicted molar refractivity (Wildman–Crippen MR) is 95.0 cm³/mol. The Bertz CT molecular complexity index is 686. The third-order valence-corrected chi connectivity index (χ3v) is 3.79. The summed E-state index contributed by atoms with van der Waals surface area (Å²) >= 11 is 0. The maximum absolute atomic E-state index is 12.3. The quantitative estimate of drug-likeness (QED) is 0.889. The Labute approximate surface area is 138 Å². The van der Waals surface area contributed by atoms with Crippen LogP contribution in [0, 0.1) is 6.92 Å². The third kappa shape index (κ3) is 4.59. The molecule has 3 nitrogen and oxygen atoms in total. The highest BCUT2D eigenvalue weighted by Gasteiger charge is 2.18. The zero-order chi connectivity index (χ0) is 17.0. The molecule has 2 rings (SSSR count). The molecule has 0 aliphatic rings. The minimum Gasteiger partial charge on any atom is -0.481 e. The first-order valence-corrected chi connectivity index (χ1v) is 7.91. The number of hydrogen-bond donors (Lipinski definition) is 1. The Morgan fingerprint density at radius 1 is 1.09 bits per heavy atom. The average molecular weight is 311 g/mol. The van der Waals surface area contributed by atoms with Gasteiger partial charge in [0.2, 0.25) is 0 Å². The number of rotatable bonds is 4. The SMILES string of the molecule is Cc1ccccc1NC(=O)C(C)Oc1cccc(C(C)(C)C)c1. The fraction of sp³-hybridized carbons (Fsp3) is 0.350. The van der Waals surface area contributed by atoms with Gasteiger partial charge >= 0.3 is 0 Å². The van der Waals surface area contributed by atoms with Gasteiger partial charge in [-0.05, 0) is 48.6 Å². The molecule has 1 unspecified atom stereocenters. The van der Waals surface area contributed by atoms with Crippen LogP contribution in [0.3, 0.4) is 0 Å². The highest BCUT2D eigenvalue weighted by Crippen LogP contribution is 2.26. The summed E-state index contributed by atoms with van der Waals surface area (Å²) in [7, 11) is 0. The van der Waals surface area contributed by atoms with E-state index in [1.54, 1.807) is 6.92 Å². The van der Waals surface area contributed by atoms with Crippen molar-refractivity contribution in [1.29, 1.82) is 0 Å². The maximum atomic E-state index is 12.3. The molecule has 0 saturated heterocycles. The van der Waals surface area contributed by atoms with Crippen molar-refractivity contribution in [3.63, 3.8) is 0 Å². The molecule has 1 atom stereocenters. The topological polar surface area (TPSA) is 38.3 Å². The standard InChI is InChI=1S/C20H25NO2/c1-14-9-6-7-12-18(14)21-19(22)15(2)23-17-11-8-10-16(13-17)20(3,4)5/h6-13,15H,1-5H3,(H,21,22). The Hall–Kier alpha value is -2.29. The number of carbonyl (C=O) groups is 1. The van der Waals surface area contributed by atoms with E-state index in [-0.39, 0.29) is 11.3 Å². The van der Waals surface area contributed by atoms with Crippen molar-refractivity contribution in [3.8, 4) is 5.75 Å². The van der Waals surface area contributed by atoms with E-state index in [0.29, 0.717) is 5.75 Å². The van der Waals surface area contributed by atoms with Crippen molar-refractivity contribution in [1.82, 2.24) is 0 Å². The second-order valence-electron chi connectivity index (χ2n) is 6.84. The highest BCUT2D eigenvalue weighted by atomic mass is 16.5. The van der Waals surface area contributed by atoms with Gasteiger partial charge in [-0.25, -0.2) is 0 Å². The molecule has 2 aromatic rings. The minimum atomic E-state index is -0.565. The molecule has 1 N–H and O–H groups in total. The van der Waals surface area contributed by atoms with Gasteiger partial charge in [0.15, 0.2) is 6.10 Å². The van der Waals surface area contributed by atoms with Gasteiger partial charge in [-0.15, -0.1) is 0 Å². The summed E-state index contributed by atoms with van der Waals surface area (Å²) in [4.78, 5) is 12.3. The molecule has 1 amide bonds. The molecule has 0 aliphatic carbocycles. The Balaban J connectivity index is 2.05. The maximum Gasteiger partial charge on any atom is 0.265 e. The lowest BCUT2D eigenvalue weighted by Gasteiger charge is -2.21. The van der Waals surface area contributed by atoms with E-state index >= 15 is 0 Å². The molecule has 0 heterocycles. The third-order valence-electron chi connectivity index (χ3n) is 3.79. The molecule has 122 valence electrons.